The Kier molecular flexibility index (Phi) is 5.43. The fraction of sp³-hybridized carbons (Fsp3) is 0.375. The molecule has 0 atom stereocenters. The lowest BCUT2D eigenvalue weighted by Crippen LogP contribution is -2.55. The number of fused-ring (bicyclic) bond motifs is 3. The Morgan fingerprint density at radius 3 is 2.06 bits per heavy atom. The van der Waals surface area contributed by atoms with Crippen molar-refractivity contribution < 1.29 is 23.9 Å². The van der Waals surface area contributed by atoms with Gasteiger partial charge in [-0.15, -0.1) is 0 Å². The topological polar surface area (TPSA) is 76.2 Å². The van der Waals surface area contributed by atoms with E-state index in [-0.39, 0.29) is 32.2 Å². The Morgan fingerprint density at radius 1 is 0.935 bits per heavy atom. The van der Waals surface area contributed by atoms with E-state index >= 15 is 0 Å². The van der Waals surface area contributed by atoms with Crippen molar-refractivity contribution in [2.24, 2.45) is 0 Å². The van der Waals surface area contributed by atoms with Crippen LogP contribution in [0.2, 0.25) is 0 Å². The molecular formula is C24H26N2O5. The van der Waals surface area contributed by atoms with Crippen LogP contribution in [0.5, 0.6) is 0 Å². The van der Waals surface area contributed by atoms with Crippen LogP contribution in [-0.4, -0.2) is 59.7 Å². The number of carbonyl (C=O) groups excluding carboxylic acids is 3. The van der Waals surface area contributed by atoms with Crippen LogP contribution in [0.15, 0.2) is 48.5 Å². The van der Waals surface area contributed by atoms with Gasteiger partial charge in [-0.3, -0.25) is 9.69 Å². The zero-order valence-corrected chi connectivity index (χ0v) is 18.0. The van der Waals surface area contributed by atoms with Crippen molar-refractivity contribution in [3.05, 3.63) is 59.7 Å². The summed E-state index contributed by atoms with van der Waals surface area (Å²) in [6.45, 7) is 5.48. The van der Waals surface area contributed by atoms with Gasteiger partial charge in [0.1, 0.15) is 18.8 Å². The molecule has 0 radical (unpaired) electrons. The number of hydrogen-bond donors (Lipinski definition) is 0. The van der Waals surface area contributed by atoms with Crippen molar-refractivity contribution in [2.75, 3.05) is 26.2 Å². The van der Waals surface area contributed by atoms with Crippen LogP contribution in [0.4, 0.5) is 9.59 Å². The van der Waals surface area contributed by atoms with Gasteiger partial charge in [0, 0.05) is 19.0 Å². The molecule has 0 spiro atoms. The highest BCUT2D eigenvalue weighted by molar-refractivity contribution is 5.95. The van der Waals surface area contributed by atoms with Gasteiger partial charge in [0.05, 0.1) is 0 Å². The van der Waals surface area contributed by atoms with Crippen LogP contribution >= 0.6 is 0 Å². The molecule has 1 saturated heterocycles. The maximum atomic E-state index is 12.6. The van der Waals surface area contributed by atoms with E-state index in [9.17, 15) is 14.4 Å². The first-order chi connectivity index (χ1) is 14.7. The van der Waals surface area contributed by atoms with E-state index in [1.807, 2.05) is 24.3 Å². The highest BCUT2D eigenvalue weighted by Crippen LogP contribution is 2.44. The maximum absolute atomic E-state index is 12.6. The number of nitrogens with zero attached hydrogens (tertiary/aromatic N) is 2. The number of carbonyl (C=O) groups is 3. The predicted octanol–water partition coefficient (Wildman–Crippen LogP) is 4.01. The molecule has 0 saturated carbocycles. The van der Waals surface area contributed by atoms with Crippen molar-refractivity contribution in [3.8, 4) is 11.1 Å². The van der Waals surface area contributed by atoms with Gasteiger partial charge in [0.2, 0.25) is 0 Å². The van der Waals surface area contributed by atoms with Crippen molar-refractivity contribution in [2.45, 2.75) is 32.3 Å². The lowest BCUT2D eigenvalue weighted by Gasteiger charge is -2.33. The number of imide groups is 1. The molecule has 3 amide bonds. The molecule has 7 heteroatoms. The first kappa shape index (κ1) is 20.9. The quantitative estimate of drug-likeness (QED) is 0.731. The Morgan fingerprint density at radius 2 is 1.52 bits per heavy atom. The zero-order valence-electron chi connectivity index (χ0n) is 18.0. The van der Waals surface area contributed by atoms with Crippen LogP contribution in [0.3, 0.4) is 0 Å². The summed E-state index contributed by atoms with van der Waals surface area (Å²) in [6, 6.07) is 16.2. The normalized spacial score (nSPS) is 16.0. The van der Waals surface area contributed by atoms with Gasteiger partial charge in [-0.25, -0.2) is 14.5 Å². The third kappa shape index (κ3) is 4.26. The second-order valence-corrected chi connectivity index (χ2v) is 8.75. The number of hydrogen-bond acceptors (Lipinski definition) is 5. The van der Waals surface area contributed by atoms with Gasteiger partial charge >= 0.3 is 12.2 Å². The first-order valence-electron chi connectivity index (χ1n) is 10.4. The van der Waals surface area contributed by atoms with Gasteiger partial charge in [-0.2, -0.15) is 0 Å². The molecule has 2 aromatic rings. The number of amides is 3. The highest BCUT2D eigenvalue weighted by Gasteiger charge is 2.35. The molecule has 2 aliphatic rings. The molecule has 2 aromatic carbocycles. The van der Waals surface area contributed by atoms with Crippen LogP contribution in [0.1, 0.15) is 37.8 Å². The maximum Gasteiger partial charge on any atom is 0.417 e. The van der Waals surface area contributed by atoms with E-state index in [2.05, 4.69) is 24.3 Å². The van der Waals surface area contributed by atoms with E-state index in [1.54, 1.807) is 20.8 Å². The molecule has 1 fully saturated rings. The standard InChI is InChI=1S/C24H26N2O5/c1-24(2,3)31-23(29)26-13-12-25(14-21(26)27)22(28)30-15-20-18-10-6-4-8-16(18)17-9-5-7-11-19(17)20/h4-11,20H,12-15H2,1-3H3. The summed E-state index contributed by atoms with van der Waals surface area (Å²) < 4.78 is 10.9. The van der Waals surface area contributed by atoms with Crippen molar-refractivity contribution >= 4 is 18.1 Å². The molecule has 1 aliphatic heterocycles. The van der Waals surface area contributed by atoms with Crippen LogP contribution in [0.25, 0.3) is 11.1 Å². The van der Waals surface area contributed by atoms with Crippen molar-refractivity contribution in [1.29, 1.82) is 0 Å². The van der Waals surface area contributed by atoms with Crippen LogP contribution in [0, 0.1) is 0 Å². The Bertz CT molecular complexity index is 981. The fourth-order valence-electron chi connectivity index (χ4n) is 4.02. The first-order valence-corrected chi connectivity index (χ1v) is 10.4. The van der Waals surface area contributed by atoms with Gasteiger partial charge in [0.25, 0.3) is 5.91 Å². The summed E-state index contributed by atoms with van der Waals surface area (Å²) in [5, 5.41) is 0. The predicted molar refractivity (Wildman–Crippen MR) is 115 cm³/mol. The summed E-state index contributed by atoms with van der Waals surface area (Å²) in [5.41, 5.74) is 3.87. The SMILES string of the molecule is CC(C)(C)OC(=O)N1CCN(C(=O)OCC2c3ccccc3-c3ccccc32)CC1=O. The van der Waals surface area contributed by atoms with E-state index in [0.717, 1.165) is 27.2 Å². The van der Waals surface area contributed by atoms with E-state index < -0.39 is 23.7 Å². The largest absolute Gasteiger partial charge is 0.448 e. The average molecular weight is 422 g/mol. The summed E-state index contributed by atoms with van der Waals surface area (Å²) in [6.07, 6.45) is -1.25. The molecule has 0 aromatic heterocycles. The molecule has 0 bridgehead atoms. The molecule has 7 nitrogen and oxygen atoms in total. The molecule has 31 heavy (non-hydrogen) atoms. The van der Waals surface area contributed by atoms with Crippen LogP contribution in [-0.2, 0) is 14.3 Å². The van der Waals surface area contributed by atoms with Gasteiger partial charge in [0.15, 0.2) is 0 Å². The zero-order chi connectivity index (χ0) is 22.2. The minimum atomic E-state index is -0.693. The van der Waals surface area contributed by atoms with Crippen LogP contribution < -0.4 is 0 Å². The molecule has 0 N–H and O–H groups in total. The lowest BCUT2D eigenvalue weighted by molar-refractivity contribution is -0.134. The van der Waals surface area contributed by atoms with Crippen molar-refractivity contribution in [3.63, 3.8) is 0 Å². The molecule has 0 unspecified atom stereocenters. The summed E-state index contributed by atoms with van der Waals surface area (Å²) >= 11 is 0. The van der Waals surface area contributed by atoms with E-state index in [1.165, 1.54) is 4.90 Å². The summed E-state index contributed by atoms with van der Waals surface area (Å²) in [7, 11) is 0. The Balaban J connectivity index is 1.38. The Labute approximate surface area is 181 Å². The van der Waals surface area contributed by atoms with Gasteiger partial charge in [-0.05, 0) is 43.0 Å². The summed E-state index contributed by atoms with van der Waals surface area (Å²) in [5.74, 6) is -0.524. The number of benzene rings is 2. The number of ether oxygens (including phenoxy) is 2. The van der Waals surface area contributed by atoms with Gasteiger partial charge in [-0.1, -0.05) is 48.5 Å². The minimum Gasteiger partial charge on any atom is -0.448 e. The van der Waals surface area contributed by atoms with E-state index in [4.69, 9.17) is 9.47 Å². The monoisotopic (exact) mass is 422 g/mol. The number of rotatable bonds is 2. The van der Waals surface area contributed by atoms with Gasteiger partial charge < -0.3 is 9.47 Å². The fourth-order valence-corrected chi connectivity index (χ4v) is 4.02. The van der Waals surface area contributed by atoms with Crippen molar-refractivity contribution in [1.82, 2.24) is 9.80 Å². The molecule has 1 heterocycles. The molecule has 4 rings (SSSR count). The second-order valence-electron chi connectivity index (χ2n) is 8.75. The highest BCUT2D eigenvalue weighted by atomic mass is 16.6. The lowest BCUT2D eigenvalue weighted by atomic mass is 9.98. The molecule has 162 valence electrons. The number of piperazine rings is 1. The molecule has 1 aliphatic carbocycles. The smallest absolute Gasteiger partial charge is 0.417 e. The third-order valence-corrected chi connectivity index (χ3v) is 5.43. The molecular weight excluding hydrogens is 396 g/mol. The second kappa shape index (κ2) is 8.06. The third-order valence-electron chi connectivity index (χ3n) is 5.43. The Hall–Kier alpha value is -3.35. The summed E-state index contributed by atoms with van der Waals surface area (Å²) in [4.78, 5) is 39.6. The van der Waals surface area contributed by atoms with E-state index in [0.29, 0.717) is 0 Å². The minimum absolute atomic E-state index is 0.0462. The average Bonchev–Trinajstić information content (AvgIpc) is 3.04.